The largest absolute Gasteiger partial charge is 0.497 e. The third-order valence-electron chi connectivity index (χ3n) is 3.63. The van der Waals surface area contributed by atoms with E-state index >= 15 is 0 Å². The number of nitrogens with zero attached hydrogens (tertiary/aromatic N) is 1. The molecule has 0 radical (unpaired) electrons. The third kappa shape index (κ3) is 3.92. The summed E-state index contributed by atoms with van der Waals surface area (Å²) < 4.78 is 5.24. The summed E-state index contributed by atoms with van der Waals surface area (Å²) in [5.74, 6) is 0.717. The monoisotopic (exact) mass is 356 g/mol. The standard InChI is InChI=1S/C18H17ClN4O2/c1-11-16(21-18(24)20-14-8-6-13(19)7-9-14)17(23-22-11)12-4-3-5-15(10-12)25-2/h3-10H,1-2H3,(H,22,23)(H2,20,21,24). The van der Waals surface area contributed by atoms with Crippen molar-refractivity contribution >= 4 is 29.0 Å². The number of methoxy groups -OCH3 is 1. The van der Waals surface area contributed by atoms with Crippen LogP contribution in [-0.4, -0.2) is 23.3 Å². The predicted molar refractivity (Wildman–Crippen MR) is 99.4 cm³/mol. The molecule has 6 nitrogen and oxygen atoms in total. The molecule has 0 aliphatic carbocycles. The zero-order valence-corrected chi connectivity index (χ0v) is 14.5. The average Bonchev–Trinajstić information content (AvgIpc) is 2.97. The fraction of sp³-hybridized carbons (Fsp3) is 0.111. The Morgan fingerprint density at radius 2 is 1.92 bits per heavy atom. The van der Waals surface area contributed by atoms with Crippen LogP contribution in [0.1, 0.15) is 5.69 Å². The van der Waals surface area contributed by atoms with Crippen molar-refractivity contribution in [3.8, 4) is 17.0 Å². The number of H-pyrrole nitrogens is 1. The lowest BCUT2D eigenvalue weighted by molar-refractivity contribution is 0.262. The van der Waals surface area contributed by atoms with E-state index in [0.29, 0.717) is 22.1 Å². The van der Waals surface area contributed by atoms with Crippen LogP contribution in [0.4, 0.5) is 16.2 Å². The van der Waals surface area contributed by atoms with Gasteiger partial charge in [0.2, 0.25) is 0 Å². The van der Waals surface area contributed by atoms with Gasteiger partial charge in [0, 0.05) is 16.3 Å². The van der Waals surface area contributed by atoms with Crippen LogP contribution in [0.15, 0.2) is 48.5 Å². The number of aryl methyl sites for hydroxylation is 1. The first-order valence-corrected chi connectivity index (χ1v) is 7.97. The smallest absolute Gasteiger partial charge is 0.323 e. The van der Waals surface area contributed by atoms with E-state index in [1.54, 1.807) is 31.4 Å². The molecule has 128 valence electrons. The molecule has 0 spiro atoms. The van der Waals surface area contributed by atoms with E-state index in [1.807, 2.05) is 31.2 Å². The van der Waals surface area contributed by atoms with Crippen LogP contribution in [-0.2, 0) is 0 Å². The molecule has 0 unspecified atom stereocenters. The Kier molecular flexibility index (Phi) is 4.90. The van der Waals surface area contributed by atoms with E-state index in [1.165, 1.54) is 0 Å². The van der Waals surface area contributed by atoms with E-state index in [-0.39, 0.29) is 6.03 Å². The molecule has 1 aromatic heterocycles. The fourth-order valence-electron chi connectivity index (χ4n) is 2.37. The third-order valence-corrected chi connectivity index (χ3v) is 3.88. The van der Waals surface area contributed by atoms with Crippen molar-refractivity contribution < 1.29 is 9.53 Å². The number of urea groups is 1. The number of anilines is 2. The summed E-state index contributed by atoms with van der Waals surface area (Å²) >= 11 is 5.85. The minimum absolute atomic E-state index is 0.365. The van der Waals surface area contributed by atoms with Gasteiger partial charge in [0.1, 0.15) is 11.4 Å². The number of nitrogens with one attached hydrogen (secondary N) is 3. The number of carbonyl (C=O) groups is 1. The lowest BCUT2D eigenvalue weighted by atomic mass is 10.1. The molecule has 2 aromatic carbocycles. The van der Waals surface area contributed by atoms with E-state index in [2.05, 4.69) is 20.8 Å². The molecule has 2 amide bonds. The predicted octanol–water partition coefficient (Wildman–Crippen LogP) is 4.69. The molecule has 3 rings (SSSR count). The Hall–Kier alpha value is -2.99. The number of rotatable bonds is 4. The Morgan fingerprint density at radius 3 is 2.64 bits per heavy atom. The second kappa shape index (κ2) is 7.27. The highest BCUT2D eigenvalue weighted by Crippen LogP contribution is 2.30. The Balaban J connectivity index is 1.81. The van der Waals surface area contributed by atoms with Crippen LogP contribution in [0.25, 0.3) is 11.3 Å². The Labute approximate surface area is 150 Å². The molecule has 0 aliphatic rings. The van der Waals surface area contributed by atoms with Gasteiger partial charge < -0.3 is 15.4 Å². The van der Waals surface area contributed by atoms with E-state index in [0.717, 1.165) is 17.0 Å². The number of halogens is 1. The molecule has 3 aromatic rings. The van der Waals surface area contributed by atoms with Gasteiger partial charge in [-0.25, -0.2) is 4.79 Å². The number of carbonyl (C=O) groups excluding carboxylic acids is 1. The van der Waals surface area contributed by atoms with Crippen LogP contribution in [0.5, 0.6) is 5.75 Å². The van der Waals surface area contributed by atoms with Crippen molar-refractivity contribution in [2.45, 2.75) is 6.92 Å². The summed E-state index contributed by atoms with van der Waals surface area (Å²) in [5, 5.41) is 13.4. The first-order valence-electron chi connectivity index (χ1n) is 7.60. The number of hydrogen-bond donors (Lipinski definition) is 3. The molecular weight excluding hydrogens is 340 g/mol. The Bertz CT molecular complexity index is 890. The van der Waals surface area contributed by atoms with Crippen molar-refractivity contribution in [2.24, 2.45) is 0 Å². The van der Waals surface area contributed by atoms with Crippen molar-refractivity contribution in [1.82, 2.24) is 10.2 Å². The van der Waals surface area contributed by atoms with Crippen molar-refractivity contribution in [3.63, 3.8) is 0 Å². The molecule has 25 heavy (non-hydrogen) atoms. The molecular formula is C18H17ClN4O2. The first-order chi connectivity index (χ1) is 12.1. The van der Waals surface area contributed by atoms with Gasteiger partial charge in [0.05, 0.1) is 18.5 Å². The van der Waals surface area contributed by atoms with Gasteiger partial charge in [-0.05, 0) is 43.3 Å². The van der Waals surface area contributed by atoms with Crippen LogP contribution < -0.4 is 15.4 Å². The summed E-state index contributed by atoms with van der Waals surface area (Å²) in [7, 11) is 1.60. The topological polar surface area (TPSA) is 79.0 Å². The van der Waals surface area contributed by atoms with Crippen LogP contribution >= 0.6 is 11.6 Å². The minimum atomic E-state index is -0.365. The summed E-state index contributed by atoms with van der Waals surface area (Å²) in [5.41, 5.74) is 3.49. The van der Waals surface area contributed by atoms with Gasteiger partial charge in [-0.1, -0.05) is 23.7 Å². The molecule has 1 heterocycles. The first kappa shape index (κ1) is 16.9. The van der Waals surface area contributed by atoms with Gasteiger partial charge in [0.25, 0.3) is 0 Å². The van der Waals surface area contributed by atoms with Crippen molar-refractivity contribution in [1.29, 1.82) is 0 Å². The van der Waals surface area contributed by atoms with Crippen molar-refractivity contribution in [3.05, 3.63) is 59.2 Å². The SMILES string of the molecule is COc1cccc(-c2n[nH]c(C)c2NC(=O)Nc2ccc(Cl)cc2)c1. The molecule has 0 aliphatic heterocycles. The van der Waals surface area contributed by atoms with E-state index in [9.17, 15) is 4.79 Å². The number of aromatic amines is 1. The molecule has 0 saturated heterocycles. The number of hydrogen-bond acceptors (Lipinski definition) is 3. The summed E-state index contributed by atoms with van der Waals surface area (Å²) in [4.78, 5) is 12.3. The highest BCUT2D eigenvalue weighted by molar-refractivity contribution is 6.30. The fourth-order valence-corrected chi connectivity index (χ4v) is 2.50. The Morgan fingerprint density at radius 1 is 1.16 bits per heavy atom. The molecule has 0 saturated carbocycles. The van der Waals surface area contributed by atoms with Gasteiger partial charge in [-0.15, -0.1) is 0 Å². The van der Waals surface area contributed by atoms with Crippen LogP contribution in [0, 0.1) is 6.92 Å². The summed E-state index contributed by atoms with van der Waals surface area (Å²) in [6.07, 6.45) is 0. The van der Waals surface area contributed by atoms with Gasteiger partial charge in [0.15, 0.2) is 0 Å². The molecule has 3 N–H and O–H groups in total. The zero-order valence-electron chi connectivity index (χ0n) is 13.8. The van der Waals surface area contributed by atoms with Crippen LogP contribution in [0.2, 0.25) is 5.02 Å². The average molecular weight is 357 g/mol. The second-order valence-electron chi connectivity index (χ2n) is 5.39. The molecule has 7 heteroatoms. The number of aromatic nitrogens is 2. The molecule has 0 atom stereocenters. The normalized spacial score (nSPS) is 10.4. The number of ether oxygens (including phenoxy) is 1. The van der Waals surface area contributed by atoms with E-state index in [4.69, 9.17) is 16.3 Å². The molecule has 0 bridgehead atoms. The lowest BCUT2D eigenvalue weighted by Crippen LogP contribution is -2.20. The number of amides is 2. The number of benzene rings is 2. The maximum atomic E-state index is 12.3. The summed E-state index contributed by atoms with van der Waals surface area (Å²) in [6.45, 7) is 1.84. The van der Waals surface area contributed by atoms with Crippen molar-refractivity contribution in [2.75, 3.05) is 17.7 Å². The highest BCUT2D eigenvalue weighted by Gasteiger charge is 2.15. The molecule has 0 fully saturated rings. The zero-order chi connectivity index (χ0) is 17.8. The van der Waals surface area contributed by atoms with Gasteiger partial charge in [-0.2, -0.15) is 5.10 Å². The highest BCUT2D eigenvalue weighted by atomic mass is 35.5. The maximum absolute atomic E-state index is 12.3. The summed E-state index contributed by atoms with van der Waals surface area (Å²) in [6, 6.07) is 14.0. The van der Waals surface area contributed by atoms with E-state index < -0.39 is 0 Å². The maximum Gasteiger partial charge on any atom is 0.323 e. The minimum Gasteiger partial charge on any atom is -0.497 e. The quantitative estimate of drug-likeness (QED) is 0.634. The van der Waals surface area contributed by atoms with Gasteiger partial charge >= 0.3 is 6.03 Å². The lowest BCUT2D eigenvalue weighted by Gasteiger charge is -2.09. The van der Waals surface area contributed by atoms with Gasteiger partial charge in [-0.3, -0.25) is 5.10 Å². The second-order valence-corrected chi connectivity index (χ2v) is 5.83. The van der Waals surface area contributed by atoms with Crippen LogP contribution in [0.3, 0.4) is 0 Å².